The predicted octanol–water partition coefficient (Wildman–Crippen LogP) is 2.10. The summed E-state index contributed by atoms with van der Waals surface area (Å²) in [6.07, 6.45) is 2.96. The van der Waals surface area contributed by atoms with Gasteiger partial charge in [0.1, 0.15) is 6.61 Å². The molecule has 0 bridgehead atoms. The van der Waals surface area contributed by atoms with Crippen molar-refractivity contribution >= 4 is 12.0 Å². The van der Waals surface area contributed by atoms with Gasteiger partial charge in [-0.05, 0) is 25.7 Å². The number of hydrogen-bond donors (Lipinski definition) is 1. The van der Waals surface area contributed by atoms with Crippen molar-refractivity contribution in [3.63, 3.8) is 0 Å². The van der Waals surface area contributed by atoms with E-state index in [0.717, 1.165) is 12.0 Å². The molecule has 1 saturated heterocycles. The molecule has 1 fully saturated rings. The van der Waals surface area contributed by atoms with Crippen molar-refractivity contribution < 1.29 is 19.4 Å². The van der Waals surface area contributed by atoms with Crippen LogP contribution < -0.4 is 0 Å². The molecule has 1 heterocycles. The first-order valence-corrected chi connectivity index (χ1v) is 6.72. The largest absolute Gasteiger partial charge is 0.447 e. The first-order valence-electron chi connectivity index (χ1n) is 6.72. The fourth-order valence-corrected chi connectivity index (χ4v) is 2.11. The summed E-state index contributed by atoms with van der Waals surface area (Å²) >= 11 is 0. The van der Waals surface area contributed by atoms with Crippen molar-refractivity contribution in [3.05, 3.63) is 11.6 Å². The zero-order valence-electron chi connectivity index (χ0n) is 11.9. The number of imide groups is 1. The Morgan fingerprint density at radius 3 is 2.79 bits per heavy atom. The second kappa shape index (κ2) is 7.28. The maximum atomic E-state index is 12.1. The molecule has 0 spiro atoms. The lowest BCUT2D eigenvalue weighted by Gasteiger charge is -2.22. The second-order valence-corrected chi connectivity index (χ2v) is 5.24. The monoisotopic (exact) mass is 269 g/mol. The summed E-state index contributed by atoms with van der Waals surface area (Å²) in [4.78, 5) is 24.9. The Bertz CT molecular complexity index is 362. The van der Waals surface area contributed by atoms with Crippen molar-refractivity contribution in [2.45, 2.75) is 46.1 Å². The molecule has 1 N–H and O–H groups in total. The van der Waals surface area contributed by atoms with Crippen molar-refractivity contribution in [2.75, 3.05) is 13.2 Å². The molecule has 0 aromatic heterocycles. The smallest absolute Gasteiger partial charge is 0.416 e. The lowest BCUT2D eigenvalue weighted by Crippen LogP contribution is -2.41. The van der Waals surface area contributed by atoms with Gasteiger partial charge in [0.05, 0.1) is 12.6 Å². The Balaban J connectivity index is 2.48. The van der Waals surface area contributed by atoms with E-state index in [9.17, 15) is 9.59 Å². The third-order valence-corrected chi connectivity index (χ3v) is 3.35. The fraction of sp³-hybridized carbons (Fsp3) is 0.714. The SMILES string of the molecule is C/C(=C/CO)CCCC(=O)N1C(=O)OC[C@@H]1C(C)C. The lowest BCUT2D eigenvalue weighted by atomic mass is 10.0. The zero-order chi connectivity index (χ0) is 14.4. The van der Waals surface area contributed by atoms with Crippen LogP contribution in [0.5, 0.6) is 0 Å². The summed E-state index contributed by atoms with van der Waals surface area (Å²) in [5.74, 6) is 0.0319. The van der Waals surface area contributed by atoms with Gasteiger partial charge in [-0.25, -0.2) is 9.69 Å². The average molecular weight is 269 g/mol. The van der Waals surface area contributed by atoms with Gasteiger partial charge >= 0.3 is 6.09 Å². The lowest BCUT2D eigenvalue weighted by molar-refractivity contribution is -0.129. The van der Waals surface area contributed by atoms with E-state index in [1.807, 2.05) is 20.8 Å². The maximum Gasteiger partial charge on any atom is 0.416 e. The van der Waals surface area contributed by atoms with Gasteiger partial charge < -0.3 is 9.84 Å². The second-order valence-electron chi connectivity index (χ2n) is 5.24. The maximum absolute atomic E-state index is 12.1. The van der Waals surface area contributed by atoms with Crippen LogP contribution in [0.4, 0.5) is 4.79 Å². The van der Waals surface area contributed by atoms with E-state index in [0.29, 0.717) is 19.4 Å². The van der Waals surface area contributed by atoms with E-state index in [2.05, 4.69) is 0 Å². The van der Waals surface area contributed by atoms with Crippen LogP contribution in [0.15, 0.2) is 11.6 Å². The molecule has 0 aromatic carbocycles. The molecule has 0 radical (unpaired) electrons. The number of cyclic esters (lactones) is 1. The molecule has 2 amide bonds. The first-order chi connectivity index (χ1) is 8.97. The molecule has 19 heavy (non-hydrogen) atoms. The van der Waals surface area contributed by atoms with Crippen molar-refractivity contribution in [2.24, 2.45) is 5.92 Å². The minimum absolute atomic E-state index is 0.0215. The Kier molecular flexibility index (Phi) is 6.02. The average Bonchev–Trinajstić information content (AvgIpc) is 2.71. The highest BCUT2D eigenvalue weighted by atomic mass is 16.6. The molecule has 1 aliphatic rings. The minimum atomic E-state index is -0.522. The predicted molar refractivity (Wildman–Crippen MR) is 71.5 cm³/mol. The number of nitrogens with zero attached hydrogens (tertiary/aromatic N) is 1. The zero-order valence-corrected chi connectivity index (χ0v) is 11.9. The van der Waals surface area contributed by atoms with Crippen molar-refractivity contribution in [1.29, 1.82) is 0 Å². The normalized spacial score (nSPS) is 20.1. The summed E-state index contributed by atoms with van der Waals surface area (Å²) in [7, 11) is 0. The molecule has 5 heteroatoms. The van der Waals surface area contributed by atoms with E-state index < -0.39 is 6.09 Å². The molecule has 0 unspecified atom stereocenters. The van der Waals surface area contributed by atoms with E-state index in [1.165, 1.54) is 4.90 Å². The number of aliphatic hydroxyl groups is 1. The Morgan fingerprint density at radius 2 is 2.21 bits per heavy atom. The van der Waals surface area contributed by atoms with Gasteiger partial charge in [0.15, 0.2) is 0 Å². The number of carbonyl (C=O) groups is 2. The number of aliphatic hydroxyl groups excluding tert-OH is 1. The topological polar surface area (TPSA) is 66.8 Å². The van der Waals surface area contributed by atoms with Crippen molar-refractivity contribution in [1.82, 2.24) is 4.90 Å². The Labute approximate surface area is 114 Å². The molecule has 5 nitrogen and oxygen atoms in total. The van der Waals surface area contributed by atoms with Crippen LogP contribution in [0.25, 0.3) is 0 Å². The molecule has 1 aliphatic heterocycles. The summed E-state index contributed by atoms with van der Waals surface area (Å²) in [6, 6.07) is -0.144. The number of rotatable bonds is 6. The quantitative estimate of drug-likeness (QED) is 0.750. The van der Waals surface area contributed by atoms with Crippen LogP contribution in [0.2, 0.25) is 0 Å². The van der Waals surface area contributed by atoms with E-state index in [-0.39, 0.29) is 24.5 Å². The van der Waals surface area contributed by atoms with Gasteiger partial charge in [-0.1, -0.05) is 25.5 Å². The molecule has 108 valence electrons. The van der Waals surface area contributed by atoms with Gasteiger partial charge in [-0.2, -0.15) is 0 Å². The van der Waals surface area contributed by atoms with Gasteiger partial charge in [0, 0.05) is 6.42 Å². The molecular weight excluding hydrogens is 246 g/mol. The molecule has 1 atom stereocenters. The highest BCUT2D eigenvalue weighted by Crippen LogP contribution is 2.21. The number of carbonyl (C=O) groups excluding carboxylic acids is 2. The van der Waals surface area contributed by atoms with Crippen LogP contribution in [0.1, 0.15) is 40.0 Å². The Morgan fingerprint density at radius 1 is 1.53 bits per heavy atom. The van der Waals surface area contributed by atoms with Crippen LogP contribution >= 0.6 is 0 Å². The molecule has 0 saturated carbocycles. The summed E-state index contributed by atoms with van der Waals surface area (Å²) in [5, 5.41) is 8.74. The summed E-state index contributed by atoms with van der Waals surface area (Å²) < 4.78 is 4.95. The van der Waals surface area contributed by atoms with Crippen molar-refractivity contribution in [3.8, 4) is 0 Å². The van der Waals surface area contributed by atoms with E-state index in [4.69, 9.17) is 9.84 Å². The first kappa shape index (κ1) is 15.7. The number of allylic oxidation sites excluding steroid dienone is 1. The number of amides is 2. The summed E-state index contributed by atoms with van der Waals surface area (Å²) in [5.41, 5.74) is 1.06. The molecule has 0 aliphatic carbocycles. The van der Waals surface area contributed by atoms with Gasteiger partial charge in [-0.15, -0.1) is 0 Å². The van der Waals surface area contributed by atoms with Crippen LogP contribution in [-0.4, -0.2) is 41.3 Å². The number of ether oxygens (including phenoxy) is 1. The highest BCUT2D eigenvalue weighted by Gasteiger charge is 2.38. The molecule has 0 aromatic rings. The van der Waals surface area contributed by atoms with E-state index >= 15 is 0 Å². The minimum Gasteiger partial charge on any atom is -0.447 e. The van der Waals surface area contributed by atoms with Gasteiger partial charge in [-0.3, -0.25) is 4.79 Å². The van der Waals surface area contributed by atoms with Crippen LogP contribution in [-0.2, 0) is 9.53 Å². The summed E-state index contributed by atoms with van der Waals surface area (Å²) in [6.45, 7) is 6.18. The third-order valence-electron chi connectivity index (χ3n) is 3.35. The number of hydrogen-bond acceptors (Lipinski definition) is 4. The molecular formula is C14H23NO4. The third kappa shape index (κ3) is 4.35. The van der Waals surface area contributed by atoms with Gasteiger partial charge in [0.2, 0.25) is 5.91 Å². The van der Waals surface area contributed by atoms with Crippen LogP contribution in [0, 0.1) is 5.92 Å². The fourth-order valence-electron chi connectivity index (χ4n) is 2.11. The standard InChI is InChI=1S/C14H23NO4/c1-10(2)12-9-19-14(18)15(12)13(17)6-4-5-11(3)7-8-16/h7,10,12,16H,4-6,8-9H2,1-3H3/b11-7-/t12-/m1/s1. The van der Waals surface area contributed by atoms with E-state index in [1.54, 1.807) is 6.08 Å². The highest BCUT2D eigenvalue weighted by molar-refractivity contribution is 5.93. The van der Waals surface area contributed by atoms with Gasteiger partial charge in [0.25, 0.3) is 0 Å². The van der Waals surface area contributed by atoms with Crippen LogP contribution in [0.3, 0.4) is 0 Å². The Hall–Kier alpha value is -1.36. The molecule has 1 rings (SSSR count).